The second-order valence-corrected chi connectivity index (χ2v) is 6.43. The third-order valence-electron chi connectivity index (χ3n) is 4.39. The van der Waals surface area contributed by atoms with Crippen LogP contribution < -0.4 is 0 Å². The minimum atomic E-state index is -0.501. The molecule has 0 saturated heterocycles. The largest absolute Gasteiger partial charge is 0.270 e. The number of nitro benzene ring substituents is 2. The fourth-order valence-electron chi connectivity index (χ4n) is 2.93. The summed E-state index contributed by atoms with van der Waals surface area (Å²) in [5.41, 5.74) is 1.48. The average molecular weight is 414 g/mol. The van der Waals surface area contributed by atoms with Crippen molar-refractivity contribution in [1.82, 2.24) is 14.9 Å². The van der Waals surface area contributed by atoms with E-state index < -0.39 is 9.85 Å². The lowest BCUT2D eigenvalue weighted by Crippen LogP contribution is -1.99. The molecule has 4 rings (SSSR count). The molecule has 0 saturated carbocycles. The summed E-state index contributed by atoms with van der Waals surface area (Å²) in [4.78, 5) is 21.4. The quantitative estimate of drug-likeness (QED) is 0.262. The molecular weight excluding hydrogens is 400 g/mol. The van der Waals surface area contributed by atoms with Gasteiger partial charge in [-0.3, -0.25) is 20.2 Å². The molecule has 0 N–H and O–H groups in total. The van der Waals surface area contributed by atoms with Crippen LogP contribution in [0.5, 0.6) is 0 Å². The van der Waals surface area contributed by atoms with Crippen molar-refractivity contribution >= 4 is 17.6 Å². The molecule has 0 spiro atoms. The van der Waals surface area contributed by atoms with Crippen molar-refractivity contribution in [3.8, 4) is 22.8 Å². The number of non-ortho nitro benzene ring substituents is 2. The predicted octanol–water partition coefficient (Wildman–Crippen LogP) is 4.31. The first-order chi connectivity index (χ1) is 15.0. The Hall–Kier alpha value is -4.73. The first kappa shape index (κ1) is 19.6. The van der Waals surface area contributed by atoms with Crippen molar-refractivity contribution in [3.63, 3.8) is 0 Å². The van der Waals surface area contributed by atoms with E-state index in [1.165, 1.54) is 28.9 Å². The number of aromatic nitrogens is 3. The van der Waals surface area contributed by atoms with Crippen LogP contribution in [0.25, 0.3) is 22.8 Å². The summed E-state index contributed by atoms with van der Waals surface area (Å²) in [7, 11) is 0. The van der Waals surface area contributed by atoms with Crippen LogP contribution in [0.3, 0.4) is 0 Å². The molecule has 0 radical (unpaired) electrons. The Balaban J connectivity index is 1.87. The highest BCUT2D eigenvalue weighted by Crippen LogP contribution is 2.28. The summed E-state index contributed by atoms with van der Waals surface area (Å²) in [6.45, 7) is 0. The summed E-state index contributed by atoms with van der Waals surface area (Å²) in [6, 6.07) is 21.2. The topological polar surface area (TPSA) is 129 Å². The van der Waals surface area contributed by atoms with Crippen molar-refractivity contribution < 1.29 is 9.85 Å². The summed E-state index contributed by atoms with van der Waals surface area (Å²) >= 11 is 0. The Morgan fingerprint density at radius 1 is 0.742 bits per heavy atom. The highest BCUT2D eigenvalue weighted by atomic mass is 16.6. The lowest BCUT2D eigenvalue weighted by Gasteiger charge is -2.05. The molecule has 0 aliphatic carbocycles. The summed E-state index contributed by atoms with van der Waals surface area (Å²) in [5, 5.41) is 35.1. The number of hydrogen-bond acceptors (Lipinski definition) is 7. The zero-order valence-electron chi connectivity index (χ0n) is 15.9. The van der Waals surface area contributed by atoms with E-state index in [-0.39, 0.29) is 23.0 Å². The number of rotatable bonds is 6. The molecule has 0 amide bonds. The van der Waals surface area contributed by atoms with Crippen molar-refractivity contribution in [2.75, 3.05) is 0 Å². The molecule has 0 atom stereocenters. The zero-order valence-corrected chi connectivity index (χ0v) is 15.9. The van der Waals surface area contributed by atoms with Gasteiger partial charge in [-0.25, -0.2) is 0 Å². The van der Waals surface area contributed by atoms with E-state index in [1.54, 1.807) is 30.5 Å². The van der Waals surface area contributed by atoms with Gasteiger partial charge in [0.25, 0.3) is 11.4 Å². The molecule has 1 aromatic heterocycles. The van der Waals surface area contributed by atoms with Crippen LogP contribution in [-0.4, -0.2) is 30.9 Å². The molecule has 4 aromatic rings. The van der Waals surface area contributed by atoms with Crippen LogP contribution in [0.15, 0.2) is 84.0 Å². The van der Waals surface area contributed by atoms with Gasteiger partial charge in [-0.2, -0.15) is 9.78 Å². The second kappa shape index (κ2) is 8.33. The maximum atomic E-state index is 11.2. The van der Waals surface area contributed by atoms with Crippen molar-refractivity contribution in [2.24, 2.45) is 5.10 Å². The molecule has 3 aromatic carbocycles. The normalized spacial score (nSPS) is 11.0. The minimum absolute atomic E-state index is 0.101. The lowest BCUT2D eigenvalue weighted by molar-refractivity contribution is -0.385. The van der Waals surface area contributed by atoms with Crippen LogP contribution >= 0.6 is 0 Å². The molecule has 10 nitrogen and oxygen atoms in total. The Kier molecular flexibility index (Phi) is 5.26. The van der Waals surface area contributed by atoms with Crippen LogP contribution in [0.4, 0.5) is 11.4 Å². The molecule has 31 heavy (non-hydrogen) atoms. The molecule has 1 heterocycles. The molecule has 0 unspecified atom stereocenters. The Morgan fingerprint density at radius 2 is 1.26 bits per heavy atom. The summed E-state index contributed by atoms with van der Waals surface area (Å²) in [5.74, 6) is 0.523. The summed E-state index contributed by atoms with van der Waals surface area (Å²) < 4.78 is 1.41. The number of benzene rings is 3. The predicted molar refractivity (Wildman–Crippen MR) is 114 cm³/mol. The van der Waals surface area contributed by atoms with E-state index in [0.29, 0.717) is 11.1 Å². The van der Waals surface area contributed by atoms with E-state index in [1.807, 2.05) is 30.3 Å². The average Bonchev–Trinajstić information content (AvgIpc) is 3.22. The number of nitro groups is 2. The van der Waals surface area contributed by atoms with E-state index >= 15 is 0 Å². The van der Waals surface area contributed by atoms with Gasteiger partial charge in [-0.1, -0.05) is 54.6 Å². The van der Waals surface area contributed by atoms with Gasteiger partial charge in [0.1, 0.15) is 0 Å². The fraction of sp³-hybridized carbons (Fsp3) is 0. The van der Waals surface area contributed by atoms with Crippen LogP contribution in [-0.2, 0) is 0 Å². The molecule has 0 aliphatic heterocycles. The van der Waals surface area contributed by atoms with Gasteiger partial charge in [0.2, 0.25) is 0 Å². The van der Waals surface area contributed by atoms with Crippen molar-refractivity contribution in [2.45, 2.75) is 0 Å². The SMILES string of the molecule is O=[N+]([O-])c1cccc(-c2nnc(-c3cccc([N+](=O)[O-])c3)n2/N=C/c2ccccc2)c1. The first-order valence-electron chi connectivity index (χ1n) is 9.07. The van der Waals surface area contributed by atoms with Gasteiger partial charge in [0.15, 0.2) is 11.6 Å². The first-order valence-corrected chi connectivity index (χ1v) is 9.07. The maximum Gasteiger partial charge on any atom is 0.270 e. The lowest BCUT2D eigenvalue weighted by atomic mass is 10.1. The maximum absolute atomic E-state index is 11.2. The van der Waals surface area contributed by atoms with Gasteiger partial charge in [-0.15, -0.1) is 10.2 Å². The molecular formula is C21H14N6O4. The monoisotopic (exact) mass is 414 g/mol. The molecule has 0 fully saturated rings. The standard InChI is InChI=1S/C21H14N6O4/c28-26(29)18-10-4-8-16(12-18)20-23-24-21(17-9-5-11-19(13-17)27(30)31)25(20)22-14-15-6-2-1-3-7-15/h1-14H/b22-14+. The Labute approximate surface area is 175 Å². The Morgan fingerprint density at radius 3 is 1.74 bits per heavy atom. The molecule has 0 aliphatic rings. The second-order valence-electron chi connectivity index (χ2n) is 6.43. The highest BCUT2D eigenvalue weighted by molar-refractivity contribution is 5.80. The van der Waals surface area contributed by atoms with Gasteiger partial charge in [0, 0.05) is 35.4 Å². The third-order valence-corrected chi connectivity index (χ3v) is 4.39. The van der Waals surface area contributed by atoms with Gasteiger partial charge in [0.05, 0.1) is 16.1 Å². The fourth-order valence-corrected chi connectivity index (χ4v) is 2.93. The van der Waals surface area contributed by atoms with E-state index in [0.717, 1.165) is 5.56 Å². The highest BCUT2D eigenvalue weighted by Gasteiger charge is 2.19. The van der Waals surface area contributed by atoms with E-state index in [4.69, 9.17) is 0 Å². The van der Waals surface area contributed by atoms with Crippen LogP contribution in [0, 0.1) is 20.2 Å². The van der Waals surface area contributed by atoms with Crippen molar-refractivity contribution in [3.05, 3.63) is 105 Å². The molecule has 152 valence electrons. The smallest absolute Gasteiger partial charge is 0.258 e. The minimum Gasteiger partial charge on any atom is -0.258 e. The van der Waals surface area contributed by atoms with E-state index in [9.17, 15) is 20.2 Å². The third kappa shape index (κ3) is 4.17. The number of nitrogens with zero attached hydrogens (tertiary/aromatic N) is 6. The molecule has 10 heteroatoms. The van der Waals surface area contributed by atoms with Crippen molar-refractivity contribution in [1.29, 1.82) is 0 Å². The summed E-state index contributed by atoms with van der Waals surface area (Å²) in [6.07, 6.45) is 1.59. The van der Waals surface area contributed by atoms with Crippen LogP contribution in [0.1, 0.15) is 5.56 Å². The van der Waals surface area contributed by atoms with Gasteiger partial charge < -0.3 is 0 Å². The van der Waals surface area contributed by atoms with Gasteiger partial charge in [-0.05, 0) is 5.56 Å². The zero-order chi connectivity index (χ0) is 21.8. The van der Waals surface area contributed by atoms with E-state index in [2.05, 4.69) is 15.3 Å². The Bertz CT molecular complexity index is 1230. The van der Waals surface area contributed by atoms with Crippen LogP contribution in [0.2, 0.25) is 0 Å². The van der Waals surface area contributed by atoms with Gasteiger partial charge >= 0.3 is 0 Å². The molecule has 0 bridgehead atoms. The number of hydrogen-bond donors (Lipinski definition) is 0.